The van der Waals surface area contributed by atoms with E-state index in [0.29, 0.717) is 0 Å². The topological polar surface area (TPSA) is 32.3 Å². The molecule has 0 spiro atoms. The van der Waals surface area contributed by atoms with E-state index in [4.69, 9.17) is 0 Å². The molecule has 20 heavy (non-hydrogen) atoms. The molecule has 1 fully saturated rings. The SMILES string of the molecule is CN1CCCC(C(=O)Nc2ccc3ccccc3c2)C1. The molecule has 1 heterocycles. The standard InChI is InChI=1S/C17H20N2O/c1-19-10-4-7-15(12-19)17(20)18-16-9-8-13-5-2-3-6-14(13)11-16/h2-3,5-6,8-9,11,15H,4,7,10,12H2,1H3,(H,18,20). The summed E-state index contributed by atoms with van der Waals surface area (Å²) < 4.78 is 0. The normalized spacial score (nSPS) is 19.9. The van der Waals surface area contributed by atoms with Crippen LogP contribution in [0.1, 0.15) is 12.8 Å². The Bertz CT molecular complexity index is 623. The maximum atomic E-state index is 12.3. The van der Waals surface area contributed by atoms with Crippen LogP contribution in [0.25, 0.3) is 10.8 Å². The molecular weight excluding hydrogens is 248 g/mol. The van der Waals surface area contributed by atoms with E-state index in [-0.39, 0.29) is 11.8 Å². The van der Waals surface area contributed by atoms with Crippen LogP contribution in [-0.2, 0) is 4.79 Å². The Hall–Kier alpha value is -1.87. The molecule has 1 saturated heterocycles. The average molecular weight is 268 g/mol. The van der Waals surface area contributed by atoms with E-state index in [9.17, 15) is 4.79 Å². The predicted octanol–water partition coefficient (Wildman–Crippen LogP) is 3.12. The van der Waals surface area contributed by atoms with Gasteiger partial charge in [0.25, 0.3) is 0 Å². The van der Waals surface area contributed by atoms with Crippen molar-refractivity contribution in [2.75, 3.05) is 25.5 Å². The summed E-state index contributed by atoms with van der Waals surface area (Å²) in [6.45, 7) is 1.96. The summed E-state index contributed by atoms with van der Waals surface area (Å²) in [5.41, 5.74) is 0.891. The number of hydrogen-bond donors (Lipinski definition) is 1. The van der Waals surface area contributed by atoms with Gasteiger partial charge in [0, 0.05) is 12.2 Å². The zero-order valence-corrected chi connectivity index (χ0v) is 11.8. The third kappa shape index (κ3) is 2.83. The monoisotopic (exact) mass is 268 g/mol. The first kappa shape index (κ1) is 13.1. The van der Waals surface area contributed by atoms with Crippen LogP contribution in [0.3, 0.4) is 0 Å². The number of carbonyl (C=O) groups is 1. The lowest BCUT2D eigenvalue weighted by atomic mass is 9.97. The van der Waals surface area contributed by atoms with Crippen molar-refractivity contribution < 1.29 is 4.79 Å². The predicted molar refractivity (Wildman–Crippen MR) is 82.8 cm³/mol. The highest BCUT2D eigenvalue weighted by Gasteiger charge is 2.23. The van der Waals surface area contributed by atoms with Crippen molar-refractivity contribution in [3.8, 4) is 0 Å². The van der Waals surface area contributed by atoms with Gasteiger partial charge in [0.2, 0.25) is 5.91 Å². The first-order valence-electron chi connectivity index (χ1n) is 7.20. The first-order valence-corrected chi connectivity index (χ1v) is 7.20. The molecule has 0 aromatic heterocycles. The highest BCUT2D eigenvalue weighted by Crippen LogP contribution is 2.21. The lowest BCUT2D eigenvalue weighted by Gasteiger charge is -2.28. The second-order valence-corrected chi connectivity index (χ2v) is 5.65. The fourth-order valence-electron chi connectivity index (χ4n) is 2.89. The van der Waals surface area contributed by atoms with Crippen LogP contribution in [-0.4, -0.2) is 30.9 Å². The number of rotatable bonds is 2. The van der Waals surface area contributed by atoms with Gasteiger partial charge in [-0.3, -0.25) is 4.79 Å². The summed E-state index contributed by atoms with van der Waals surface area (Å²) in [5, 5.41) is 5.41. The largest absolute Gasteiger partial charge is 0.326 e. The highest BCUT2D eigenvalue weighted by atomic mass is 16.1. The molecular formula is C17H20N2O. The van der Waals surface area contributed by atoms with Gasteiger partial charge in [0.1, 0.15) is 0 Å². The number of nitrogens with one attached hydrogen (secondary N) is 1. The van der Waals surface area contributed by atoms with Gasteiger partial charge in [0.05, 0.1) is 5.92 Å². The molecule has 1 amide bonds. The number of nitrogens with zero attached hydrogens (tertiary/aromatic N) is 1. The Kier molecular flexibility index (Phi) is 3.70. The summed E-state index contributed by atoms with van der Waals surface area (Å²) in [6, 6.07) is 14.3. The van der Waals surface area contributed by atoms with Gasteiger partial charge in [0.15, 0.2) is 0 Å². The summed E-state index contributed by atoms with van der Waals surface area (Å²) in [6.07, 6.45) is 2.09. The van der Waals surface area contributed by atoms with Gasteiger partial charge < -0.3 is 10.2 Å². The van der Waals surface area contributed by atoms with Gasteiger partial charge in [-0.15, -0.1) is 0 Å². The number of anilines is 1. The fraction of sp³-hybridized carbons (Fsp3) is 0.353. The van der Waals surface area contributed by atoms with Crippen molar-refractivity contribution in [3.63, 3.8) is 0 Å². The maximum absolute atomic E-state index is 12.3. The molecule has 3 heteroatoms. The second kappa shape index (κ2) is 5.63. The number of piperidine rings is 1. The van der Waals surface area contributed by atoms with E-state index < -0.39 is 0 Å². The molecule has 1 aliphatic heterocycles. The lowest BCUT2D eigenvalue weighted by Crippen LogP contribution is -2.38. The van der Waals surface area contributed by atoms with Crippen LogP contribution in [0.5, 0.6) is 0 Å². The molecule has 2 aromatic rings. The summed E-state index contributed by atoms with van der Waals surface area (Å²) in [4.78, 5) is 14.5. The summed E-state index contributed by atoms with van der Waals surface area (Å²) in [5.74, 6) is 0.257. The van der Waals surface area contributed by atoms with Gasteiger partial charge in [-0.05, 0) is 49.3 Å². The summed E-state index contributed by atoms with van der Waals surface area (Å²) >= 11 is 0. The second-order valence-electron chi connectivity index (χ2n) is 5.65. The van der Waals surface area contributed by atoms with Crippen molar-refractivity contribution in [2.45, 2.75) is 12.8 Å². The van der Waals surface area contributed by atoms with E-state index >= 15 is 0 Å². The van der Waals surface area contributed by atoms with Gasteiger partial charge in [-0.25, -0.2) is 0 Å². The van der Waals surface area contributed by atoms with E-state index in [1.54, 1.807) is 0 Å². The van der Waals surface area contributed by atoms with E-state index in [2.05, 4.69) is 35.5 Å². The number of benzene rings is 2. The molecule has 1 atom stereocenters. The molecule has 0 bridgehead atoms. The van der Waals surface area contributed by atoms with Crippen molar-refractivity contribution in [1.29, 1.82) is 0 Å². The summed E-state index contributed by atoms with van der Waals surface area (Å²) in [7, 11) is 2.08. The molecule has 3 rings (SSSR count). The Balaban J connectivity index is 1.73. The fourth-order valence-corrected chi connectivity index (χ4v) is 2.89. The average Bonchev–Trinajstić information content (AvgIpc) is 2.47. The minimum atomic E-state index is 0.111. The Labute approximate surface area is 119 Å². The number of likely N-dealkylation sites (tertiary alicyclic amines) is 1. The van der Waals surface area contributed by atoms with Crippen molar-refractivity contribution in [2.24, 2.45) is 5.92 Å². The molecule has 0 aliphatic carbocycles. The third-order valence-corrected chi connectivity index (χ3v) is 4.01. The molecule has 1 N–H and O–H groups in total. The van der Waals surface area contributed by atoms with Crippen molar-refractivity contribution >= 4 is 22.4 Å². The quantitative estimate of drug-likeness (QED) is 0.907. The molecule has 1 aliphatic rings. The van der Waals surface area contributed by atoms with Crippen LogP contribution in [0.4, 0.5) is 5.69 Å². The third-order valence-electron chi connectivity index (χ3n) is 4.01. The first-order chi connectivity index (χ1) is 9.72. The maximum Gasteiger partial charge on any atom is 0.228 e. The minimum Gasteiger partial charge on any atom is -0.326 e. The van der Waals surface area contributed by atoms with Gasteiger partial charge in [-0.1, -0.05) is 30.3 Å². The smallest absolute Gasteiger partial charge is 0.228 e. The molecule has 0 saturated carbocycles. The molecule has 1 unspecified atom stereocenters. The van der Waals surface area contributed by atoms with Crippen molar-refractivity contribution in [1.82, 2.24) is 4.90 Å². The van der Waals surface area contributed by atoms with Crippen LogP contribution >= 0.6 is 0 Å². The number of carbonyl (C=O) groups excluding carboxylic acids is 1. The number of fused-ring (bicyclic) bond motifs is 1. The van der Waals surface area contributed by atoms with E-state index in [1.807, 2.05) is 24.3 Å². The Morgan fingerprint density at radius 2 is 2.00 bits per heavy atom. The zero-order chi connectivity index (χ0) is 13.9. The zero-order valence-electron chi connectivity index (χ0n) is 11.8. The molecule has 104 valence electrons. The Morgan fingerprint density at radius 1 is 1.20 bits per heavy atom. The number of hydrogen-bond acceptors (Lipinski definition) is 2. The van der Waals surface area contributed by atoms with Crippen LogP contribution in [0.15, 0.2) is 42.5 Å². The van der Waals surface area contributed by atoms with E-state index in [0.717, 1.165) is 37.0 Å². The number of amides is 1. The van der Waals surface area contributed by atoms with Crippen LogP contribution < -0.4 is 5.32 Å². The lowest BCUT2D eigenvalue weighted by molar-refractivity contribution is -0.121. The van der Waals surface area contributed by atoms with Gasteiger partial charge >= 0.3 is 0 Å². The Morgan fingerprint density at radius 3 is 2.80 bits per heavy atom. The highest BCUT2D eigenvalue weighted by molar-refractivity contribution is 5.95. The van der Waals surface area contributed by atoms with Crippen LogP contribution in [0, 0.1) is 5.92 Å². The minimum absolute atomic E-state index is 0.111. The van der Waals surface area contributed by atoms with Crippen molar-refractivity contribution in [3.05, 3.63) is 42.5 Å². The molecule has 3 nitrogen and oxygen atoms in total. The molecule has 2 aromatic carbocycles. The van der Waals surface area contributed by atoms with Gasteiger partial charge in [-0.2, -0.15) is 0 Å². The van der Waals surface area contributed by atoms with E-state index in [1.165, 1.54) is 5.39 Å². The molecule has 0 radical (unpaired) electrons. The van der Waals surface area contributed by atoms with Crippen LogP contribution in [0.2, 0.25) is 0 Å².